The van der Waals surface area contributed by atoms with E-state index < -0.39 is 11.7 Å². The third-order valence-electron chi connectivity index (χ3n) is 6.71. The highest BCUT2D eigenvalue weighted by Gasteiger charge is 2.53. The topological polar surface area (TPSA) is 79.1 Å². The molecule has 0 amide bonds. The van der Waals surface area contributed by atoms with Gasteiger partial charge in [0.1, 0.15) is 11.9 Å². The maximum atomic E-state index is 15.2. The first-order valence-corrected chi connectivity index (χ1v) is 10.2. The molecule has 6 rings (SSSR count). The number of aromatic hydroxyl groups is 1. The van der Waals surface area contributed by atoms with E-state index in [1.807, 2.05) is 53.9 Å². The molecule has 4 atom stereocenters. The van der Waals surface area contributed by atoms with Crippen molar-refractivity contribution in [2.24, 2.45) is 5.92 Å². The zero-order valence-electron chi connectivity index (χ0n) is 17.0. The molecule has 3 fully saturated rings. The summed E-state index contributed by atoms with van der Waals surface area (Å²) in [6.07, 6.45) is 6.08. The van der Waals surface area contributed by atoms with E-state index in [1.54, 1.807) is 18.6 Å². The molecule has 1 aliphatic carbocycles. The number of phenols is 1. The van der Waals surface area contributed by atoms with E-state index in [0.29, 0.717) is 17.1 Å². The van der Waals surface area contributed by atoms with Crippen molar-refractivity contribution in [3.8, 4) is 22.7 Å². The van der Waals surface area contributed by atoms with E-state index in [9.17, 15) is 5.11 Å². The van der Waals surface area contributed by atoms with Crippen LogP contribution in [-0.4, -0.2) is 56.2 Å². The number of nitrogens with one attached hydrogen (secondary N) is 1. The third kappa shape index (κ3) is 3.02. The quantitative estimate of drug-likeness (QED) is 0.691. The number of benzene rings is 1. The smallest absolute Gasteiger partial charge is 0.151 e. The van der Waals surface area contributed by atoms with Crippen LogP contribution >= 0.6 is 0 Å². The molecule has 4 heterocycles. The Hall–Kier alpha value is -3.00. The summed E-state index contributed by atoms with van der Waals surface area (Å²) in [6, 6.07) is 8.81. The summed E-state index contributed by atoms with van der Waals surface area (Å²) < 4.78 is 17.0. The monoisotopic (exact) mass is 408 g/mol. The molecule has 2 aromatic heterocycles. The number of alkyl halides is 1. The molecule has 0 radical (unpaired) electrons. The molecule has 2 aliphatic heterocycles. The van der Waals surface area contributed by atoms with Gasteiger partial charge in [-0.25, -0.2) is 9.37 Å². The highest BCUT2D eigenvalue weighted by Crippen LogP contribution is 2.42. The molecule has 8 heteroatoms. The van der Waals surface area contributed by atoms with Crippen molar-refractivity contribution in [3.63, 3.8) is 0 Å². The van der Waals surface area contributed by atoms with Gasteiger partial charge in [-0.1, -0.05) is 0 Å². The van der Waals surface area contributed by atoms with Crippen molar-refractivity contribution in [2.75, 3.05) is 18.5 Å². The summed E-state index contributed by atoms with van der Waals surface area (Å²) in [7, 11) is 1.89. The minimum Gasteiger partial charge on any atom is -0.507 e. The van der Waals surface area contributed by atoms with Gasteiger partial charge in [-0.2, -0.15) is 0 Å². The van der Waals surface area contributed by atoms with Crippen molar-refractivity contribution in [1.82, 2.24) is 25.1 Å². The first-order valence-electron chi connectivity index (χ1n) is 10.2. The maximum Gasteiger partial charge on any atom is 0.151 e. The number of phenolic OH excluding ortho intramolecular Hbond substituents is 1. The highest BCUT2D eigenvalue weighted by atomic mass is 19.1. The summed E-state index contributed by atoms with van der Waals surface area (Å²) in [4.78, 5) is 5.94. The minimum absolute atomic E-state index is 0.115. The fraction of sp³-hybridized carbons (Fsp3) is 0.409. The number of rotatable bonds is 4. The van der Waals surface area contributed by atoms with Gasteiger partial charge in [0.05, 0.1) is 23.8 Å². The number of piperidine rings is 2. The molecular formula is C22H25FN6O. The van der Waals surface area contributed by atoms with Gasteiger partial charge in [-0.05, 0) is 49.9 Å². The fourth-order valence-electron chi connectivity index (χ4n) is 4.81. The van der Waals surface area contributed by atoms with Crippen LogP contribution in [-0.2, 0) is 0 Å². The first kappa shape index (κ1) is 19.0. The van der Waals surface area contributed by atoms with Crippen molar-refractivity contribution < 1.29 is 9.50 Å². The predicted molar refractivity (Wildman–Crippen MR) is 112 cm³/mol. The SMILES string of the molecule is CN(c1ccc(-c2ccc(-n3ccnc3)cc2O)nn1)[C@@H]1[C@@H]2CC[C@@](C)(NC2)[C@@H]1F. The number of halogens is 1. The van der Waals surface area contributed by atoms with E-state index >= 15 is 4.39 Å². The number of hydrogen-bond acceptors (Lipinski definition) is 6. The lowest BCUT2D eigenvalue weighted by Gasteiger charge is -2.54. The fourth-order valence-corrected chi connectivity index (χ4v) is 4.81. The summed E-state index contributed by atoms with van der Waals surface area (Å²) in [5.74, 6) is 1.01. The van der Waals surface area contributed by atoms with E-state index in [2.05, 4.69) is 20.5 Å². The third-order valence-corrected chi connectivity index (χ3v) is 6.71. The Labute approximate surface area is 174 Å². The lowest BCUT2D eigenvalue weighted by molar-refractivity contribution is 0.0102. The average molecular weight is 408 g/mol. The van der Waals surface area contributed by atoms with Gasteiger partial charge in [-0.15, -0.1) is 10.2 Å². The second-order valence-electron chi connectivity index (χ2n) is 8.55. The molecule has 0 unspecified atom stereocenters. The molecule has 3 aromatic rings. The molecule has 2 N–H and O–H groups in total. The van der Waals surface area contributed by atoms with Crippen molar-refractivity contribution in [1.29, 1.82) is 0 Å². The standard InChI is InChI=1S/C22H25FN6O/c1-22-8-7-14(12-25-22)20(21(22)23)28(2)19-6-5-17(26-27-19)16-4-3-15(11-18(16)30)29-10-9-24-13-29/h3-6,9-11,13-14,20-21,25,30H,7-8,12H2,1-2H3/t14-,20-,21-,22-/m1/s1. The lowest BCUT2D eigenvalue weighted by Crippen LogP contribution is -2.70. The number of anilines is 1. The molecule has 0 spiro atoms. The number of nitrogens with zero attached hydrogens (tertiary/aromatic N) is 5. The van der Waals surface area contributed by atoms with Gasteiger partial charge in [0.25, 0.3) is 0 Å². The van der Waals surface area contributed by atoms with Crippen LogP contribution in [0.2, 0.25) is 0 Å². The molecule has 30 heavy (non-hydrogen) atoms. The molecule has 2 bridgehead atoms. The lowest BCUT2D eigenvalue weighted by atomic mass is 9.68. The van der Waals surface area contributed by atoms with E-state index in [-0.39, 0.29) is 17.7 Å². The molecule has 1 aromatic carbocycles. The van der Waals surface area contributed by atoms with E-state index in [4.69, 9.17) is 0 Å². The maximum absolute atomic E-state index is 15.2. The van der Waals surface area contributed by atoms with Crippen LogP contribution in [0.25, 0.3) is 16.9 Å². The van der Waals surface area contributed by atoms with Crippen molar-refractivity contribution >= 4 is 5.82 Å². The van der Waals surface area contributed by atoms with E-state index in [0.717, 1.165) is 25.1 Å². The van der Waals surface area contributed by atoms with Crippen LogP contribution in [0, 0.1) is 5.92 Å². The van der Waals surface area contributed by atoms with Crippen molar-refractivity contribution in [3.05, 3.63) is 49.1 Å². The normalized spacial score (nSPS) is 27.9. The van der Waals surface area contributed by atoms with Gasteiger partial charge in [0, 0.05) is 43.2 Å². The van der Waals surface area contributed by atoms with E-state index in [1.165, 1.54) is 0 Å². The van der Waals surface area contributed by atoms with Crippen LogP contribution < -0.4 is 10.2 Å². The van der Waals surface area contributed by atoms with Crippen LogP contribution in [0.1, 0.15) is 19.8 Å². The highest BCUT2D eigenvalue weighted by molar-refractivity contribution is 5.69. The van der Waals surface area contributed by atoms with Gasteiger partial charge in [0.2, 0.25) is 0 Å². The summed E-state index contributed by atoms with van der Waals surface area (Å²) in [6.45, 7) is 2.80. The Morgan fingerprint density at radius 1 is 1.27 bits per heavy atom. The summed E-state index contributed by atoms with van der Waals surface area (Å²) in [5, 5.41) is 22.5. The predicted octanol–water partition coefficient (Wildman–Crippen LogP) is 2.95. The van der Waals surface area contributed by atoms with Crippen LogP contribution in [0.4, 0.5) is 10.2 Å². The van der Waals surface area contributed by atoms with Crippen LogP contribution in [0.15, 0.2) is 49.1 Å². The van der Waals surface area contributed by atoms with Crippen LogP contribution in [0.3, 0.4) is 0 Å². The average Bonchev–Trinajstić information content (AvgIpc) is 3.30. The Kier molecular flexibility index (Phi) is 4.47. The van der Waals surface area contributed by atoms with Gasteiger partial charge >= 0.3 is 0 Å². The molecule has 156 valence electrons. The Morgan fingerprint density at radius 2 is 2.13 bits per heavy atom. The zero-order chi connectivity index (χ0) is 20.9. The molecule has 3 aliphatic rings. The van der Waals surface area contributed by atoms with Gasteiger partial charge < -0.3 is 19.9 Å². The first-order chi connectivity index (χ1) is 14.5. The molecular weight excluding hydrogens is 383 g/mol. The largest absolute Gasteiger partial charge is 0.507 e. The summed E-state index contributed by atoms with van der Waals surface area (Å²) in [5.41, 5.74) is 1.50. The van der Waals surface area contributed by atoms with Crippen molar-refractivity contribution in [2.45, 2.75) is 37.5 Å². The number of hydrogen-bond donors (Lipinski definition) is 2. The Morgan fingerprint density at radius 3 is 2.77 bits per heavy atom. The Balaban J connectivity index is 1.38. The second-order valence-corrected chi connectivity index (χ2v) is 8.55. The van der Waals surface area contributed by atoms with Crippen LogP contribution in [0.5, 0.6) is 5.75 Å². The van der Waals surface area contributed by atoms with Gasteiger partial charge in [0.15, 0.2) is 5.82 Å². The Bertz CT molecular complexity index is 1030. The number of imidazole rings is 1. The number of fused-ring (bicyclic) bond motifs is 3. The minimum atomic E-state index is -0.962. The molecule has 1 saturated carbocycles. The second kappa shape index (κ2) is 7.05. The molecule has 2 saturated heterocycles. The van der Waals surface area contributed by atoms with Gasteiger partial charge in [-0.3, -0.25) is 0 Å². The number of aromatic nitrogens is 4. The summed E-state index contributed by atoms with van der Waals surface area (Å²) >= 11 is 0. The zero-order valence-corrected chi connectivity index (χ0v) is 17.0. The molecule has 7 nitrogen and oxygen atoms in total.